The molecule has 0 unspecified atom stereocenters. The molecule has 2 aromatic heterocycles. The highest BCUT2D eigenvalue weighted by Crippen LogP contribution is 2.30. The highest BCUT2D eigenvalue weighted by Gasteiger charge is 2.15. The predicted octanol–water partition coefficient (Wildman–Crippen LogP) is 5.77. The topological polar surface area (TPSA) is 118 Å². The summed E-state index contributed by atoms with van der Waals surface area (Å²) in [5.74, 6) is 1.20. The van der Waals surface area contributed by atoms with Gasteiger partial charge in [0.05, 0.1) is 21.4 Å². The van der Waals surface area contributed by atoms with Crippen molar-refractivity contribution in [3.05, 3.63) is 87.4 Å². The lowest BCUT2D eigenvalue weighted by atomic mass is 10.1. The normalized spacial score (nSPS) is 10.6. The van der Waals surface area contributed by atoms with Gasteiger partial charge in [0.1, 0.15) is 22.9 Å². The number of amides is 2. The molecule has 3 N–H and O–H groups in total. The standard InChI is InChI=1S/C24H19Cl2N5O4/c1-2-31-23(33)21(28-24(34)29-22-18(25)12-27-13-19(22)26)11-20(30-31)14-4-3-5-17(10-14)35-16-8-6-15(32)7-9-16/h3-13,32H,2H2,1H3,(H2,27,28,29,34). The van der Waals surface area contributed by atoms with Gasteiger partial charge < -0.3 is 20.5 Å². The van der Waals surface area contributed by atoms with Gasteiger partial charge in [0.15, 0.2) is 0 Å². The number of benzene rings is 2. The first-order chi connectivity index (χ1) is 16.8. The molecule has 9 nitrogen and oxygen atoms in total. The summed E-state index contributed by atoms with van der Waals surface area (Å²) in [6.07, 6.45) is 2.68. The first-order valence-electron chi connectivity index (χ1n) is 10.4. The smallest absolute Gasteiger partial charge is 0.323 e. The fraction of sp³-hybridized carbons (Fsp3) is 0.0833. The van der Waals surface area contributed by atoms with Gasteiger partial charge in [-0.15, -0.1) is 0 Å². The highest BCUT2D eigenvalue weighted by atomic mass is 35.5. The minimum absolute atomic E-state index is 0.0144. The van der Waals surface area contributed by atoms with Crippen molar-refractivity contribution in [1.82, 2.24) is 14.8 Å². The van der Waals surface area contributed by atoms with Crippen LogP contribution in [0.4, 0.5) is 16.2 Å². The molecule has 178 valence electrons. The molecule has 0 spiro atoms. The molecule has 0 aliphatic carbocycles. The van der Waals surface area contributed by atoms with Crippen LogP contribution < -0.4 is 20.9 Å². The molecule has 11 heteroatoms. The molecule has 2 aromatic carbocycles. The first-order valence-corrected chi connectivity index (χ1v) is 11.2. The number of carbonyl (C=O) groups is 1. The van der Waals surface area contributed by atoms with Gasteiger partial charge in [-0.3, -0.25) is 9.78 Å². The van der Waals surface area contributed by atoms with Gasteiger partial charge in [0.2, 0.25) is 0 Å². The van der Waals surface area contributed by atoms with Crippen molar-refractivity contribution >= 4 is 40.6 Å². The van der Waals surface area contributed by atoms with E-state index in [0.29, 0.717) is 22.8 Å². The predicted molar refractivity (Wildman–Crippen MR) is 135 cm³/mol. The molecular weight excluding hydrogens is 493 g/mol. The van der Waals surface area contributed by atoms with E-state index in [4.69, 9.17) is 27.9 Å². The molecule has 0 saturated heterocycles. The van der Waals surface area contributed by atoms with Crippen LogP contribution in [0.1, 0.15) is 6.92 Å². The number of aromatic hydroxyl groups is 1. The number of rotatable bonds is 6. The van der Waals surface area contributed by atoms with E-state index >= 15 is 0 Å². The van der Waals surface area contributed by atoms with Crippen LogP contribution in [0.3, 0.4) is 0 Å². The lowest BCUT2D eigenvalue weighted by molar-refractivity contribution is 0.262. The number of halogens is 2. The molecule has 0 atom stereocenters. The van der Waals surface area contributed by atoms with Crippen molar-refractivity contribution in [2.45, 2.75) is 13.5 Å². The van der Waals surface area contributed by atoms with E-state index in [-0.39, 0.29) is 33.7 Å². The Bertz CT molecular complexity index is 1420. The SMILES string of the molecule is CCn1nc(-c2cccc(Oc3ccc(O)cc3)c2)cc(NC(=O)Nc2c(Cl)cncc2Cl)c1=O. The van der Waals surface area contributed by atoms with Crippen LogP contribution in [-0.2, 0) is 6.54 Å². The molecule has 2 amide bonds. The number of nitrogens with zero attached hydrogens (tertiary/aromatic N) is 3. The Kier molecular flexibility index (Phi) is 7.19. The van der Waals surface area contributed by atoms with Crippen LogP contribution in [0.25, 0.3) is 11.3 Å². The third kappa shape index (κ3) is 5.71. The average Bonchev–Trinajstić information content (AvgIpc) is 2.84. The summed E-state index contributed by atoms with van der Waals surface area (Å²) in [5, 5.41) is 19.2. The molecule has 35 heavy (non-hydrogen) atoms. The molecule has 0 saturated carbocycles. The van der Waals surface area contributed by atoms with Gasteiger partial charge in [-0.1, -0.05) is 35.3 Å². The molecule has 0 radical (unpaired) electrons. The highest BCUT2D eigenvalue weighted by molar-refractivity contribution is 6.39. The first kappa shape index (κ1) is 24.1. The maximum absolute atomic E-state index is 12.8. The van der Waals surface area contributed by atoms with Gasteiger partial charge in [-0.2, -0.15) is 5.10 Å². The van der Waals surface area contributed by atoms with E-state index in [2.05, 4.69) is 20.7 Å². The second kappa shape index (κ2) is 10.5. The monoisotopic (exact) mass is 511 g/mol. The van der Waals surface area contributed by atoms with Gasteiger partial charge >= 0.3 is 6.03 Å². The van der Waals surface area contributed by atoms with Gasteiger partial charge in [-0.25, -0.2) is 9.48 Å². The van der Waals surface area contributed by atoms with Crippen LogP contribution in [0, 0.1) is 0 Å². The molecule has 4 rings (SSSR count). The third-order valence-corrected chi connectivity index (χ3v) is 5.39. The number of pyridine rings is 1. The summed E-state index contributed by atoms with van der Waals surface area (Å²) < 4.78 is 7.08. The maximum atomic E-state index is 12.8. The Hall–Kier alpha value is -4.08. The number of ether oxygens (including phenoxy) is 1. The van der Waals surface area contributed by atoms with E-state index in [1.54, 1.807) is 43.3 Å². The maximum Gasteiger partial charge on any atom is 0.323 e. The van der Waals surface area contributed by atoms with E-state index < -0.39 is 11.6 Å². The van der Waals surface area contributed by atoms with Crippen LogP contribution in [0.2, 0.25) is 10.0 Å². The average molecular weight is 512 g/mol. The number of anilines is 2. The van der Waals surface area contributed by atoms with Crippen LogP contribution in [0.5, 0.6) is 17.2 Å². The number of hydrogen-bond acceptors (Lipinski definition) is 6. The number of nitrogens with one attached hydrogen (secondary N) is 2. The van der Waals surface area contributed by atoms with Crippen molar-refractivity contribution in [3.8, 4) is 28.5 Å². The Morgan fingerprint density at radius 3 is 2.43 bits per heavy atom. The zero-order valence-corrected chi connectivity index (χ0v) is 19.8. The molecule has 2 heterocycles. The minimum Gasteiger partial charge on any atom is -0.508 e. The van der Waals surface area contributed by atoms with Gasteiger partial charge in [0.25, 0.3) is 5.56 Å². The lowest BCUT2D eigenvalue weighted by Gasteiger charge is -2.13. The van der Waals surface area contributed by atoms with Crippen molar-refractivity contribution in [2.24, 2.45) is 0 Å². The molecule has 0 fully saturated rings. The van der Waals surface area contributed by atoms with E-state index in [1.807, 2.05) is 0 Å². The lowest BCUT2D eigenvalue weighted by Crippen LogP contribution is -2.29. The second-order valence-corrected chi connectivity index (χ2v) is 8.06. The Labute approximate surface area is 209 Å². The number of urea groups is 1. The van der Waals surface area contributed by atoms with Crippen molar-refractivity contribution < 1.29 is 14.6 Å². The third-order valence-electron chi connectivity index (χ3n) is 4.82. The van der Waals surface area contributed by atoms with E-state index in [0.717, 1.165) is 0 Å². The van der Waals surface area contributed by atoms with Gasteiger partial charge in [-0.05, 0) is 49.4 Å². The van der Waals surface area contributed by atoms with Crippen molar-refractivity contribution in [3.63, 3.8) is 0 Å². The number of aryl methyl sites for hydroxylation is 1. The summed E-state index contributed by atoms with van der Waals surface area (Å²) in [4.78, 5) is 29.2. The number of carbonyl (C=O) groups excluding carboxylic acids is 1. The van der Waals surface area contributed by atoms with E-state index in [1.165, 1.54) is 35.3 Å². The van der Waals surface area contributed by atoms with Crippen LogP contribution in [0.15, 0.2) is 71.8 Å². The summed E-state index contributed by atoms with van der Waals surface area (Å²) in [6, 6.07) is 14.2. The van der Waals surface area contributed by atoms with Crippen LogP contribution in [-0.4, -0.2) is 25.9 Å². The fourth-order valence-corrected chi connectivity index (χ4v) is 3.61. The quantitative estimate of drug-likeness (QED) is 0.302. The molecule has 0 aliphatic heterocycles. The fourth-order valence-electron chi connectivity index (χ4n) is 3.15. The number of phenolic OH excluding ortho intramolecular Hbond substituents is 1. The zero-order valence-electron chi connectivity index (χ0n) is 18.3. The number of hydrogen-bond donors (Lipinski definition) is 3. The number of aromatic nitrogens is 3. The molecule has 4 aromatic rings. The second-order valence-electron chi connectivity index (χ2n) is 7.25. The number of phenols is 1. The van der Waals surface area contributed by atoms with Crippen molar-refractivity contribution in [1.29, 1.82) is 0 Å². The molecular formula is C24H19Cl2N5O4. The summed E-state index contributed by atoms with van der Waals surface area (Å²) in [5.41, 5.74) is 0.811. The largest absolute Gasteiger partial charge is 0.508 e. The van der Waals surface area contributed by atoms with E-state index in [9.17, 15) is 14.7 Å². The summed E-state index contributed by atoms with van der Waals surface area (Å²) in [6.45, 7) is 2.05. The zero-order chi connectivity index (χ0) is 24.9. The Balaban J connectivity index is 1.62. The van der Waals surface area contributed by atoms with Gasteiger partial charge in [0, 0.05) is 24.5 Å². The molecule has 0 bridgehead atoms. The minimum atomic E-state index is -0.707. The summed E-state index contributed by atoms with van der Waals surface area (Å²) in [7, 11) is 0. The van der Waals surface area contributed by atoms with Crippen LogP contribution >= 0.6 is 23.2 Å². The summed E-state index contributed by atoms with van der Waals surface area (Å²) >= 11 is 12.1. The Morgan fingerprint density at radius 1 is 1.03 bits per heavy atom. The Morgan fingerprint density at radius 2 is 1.74 bits per heavy atom. The van der Waals surface area contributed by atoms with Crippen molar-refractivity contribution in [2.75, 3.05) is 10.6 Å². The molecule has 0 aliphatic rings.